The number of fused-ring (bicyclic) bond motifs is 1. The van der Waals surface area contributed by atoms with Crippen molar-refractivity contribution in [3.05, 3.63) is 71.4 Å². The molecule has 1 atom stereocenters. The Bertz CT molecular complexity index is 950. The number of methoxy groups -OCH3 is 1. The molecule has 1 amide bonds. The zero-order valence-corrected chi connectivity index (χ0v) is 14.3. The fourth-order valence-corrected chi connectivity index (χ4v) is 3.37. The molecule has 2 N–H and O–H groups in total. The number of benzene rings is 2. The molecule has 1 aliphatic heterocycles. The van der Waals surface area contributed by atoms with E-state index in [1.165, 1.54) is 7.11 Å². The van der Waals surface area contributed by atoms with Gasteiger partial charge in [0.05, 0.1) is 19.9 Å². The smallest absolute Gasteiger partial charge is 0.226 e. The average molecular weight is 349 g/mol. The van der Waals surface area contributed by atoms with Crippen molar-refractivity contribution in [1.82, 2.24) is 9.78 Å². The van der Waals surface area contributed by atoms with Gasteiger partial charge in [0, 0.05) is 17.9 Å². The van der Waals surface area contributed by atoms with E-state index < -0.39 is 0 Å². The maximum Gasteiger partial charge on any atom is 0.226 e. The Morgan fingerprint density at radius 3 is 2.81 bits per heavy atom. The molecule has 1 aliphatic rings. The maximum atomic E-state index is 12.3. The van der Waals surface area contributed by atoms with Gasteiger partial charge in [0.1, 0.15) is 5.82 Å². The lowest BCUT2D eigenvalue weighted by Gasteiger charge is -2.24. The second kappa shape index (κ2) is 6.55. The van der Waals surface area contributed by atoms with E-state index in [-0.39, 0.29) is 17.6 Å². The molecule has 0 spiro atoms. The largest absolute Gasteiger partial charge is 0.504 e. The fourth-order valence-electron chi connectivity index (χ4n) is 3.37. The SMILES string of the molecule is COc1ccc(C2CC(=O)Nc3c2cnn3Cc2ccccc2)cc1O. The first kappa shape index (κ1) is 16.2. The number of rotatable bonds is 4. The monoisotopic (exact) mass is 349 g/mol. The third kappa shape index (κ3) is 2.90. The van der Waals surface area contributed by atoms with E-state index in [2.05, 4.69) is 10.4 Å². The van der Waals surface area contributed by atoms with Gasteiger partial charge in [-0.3, -0.25) is 4.79 Å². The minimum atomic E-state index is -0.153. The van der Waals surface area contributed by atoms with E-state index >= 15 is 0 Å². The van der Waals surface area contributed by atoms with Crippen molar-refractivity contribution in [3.8, 4) is 11.5 Å². The van der Waals surface area contributed by atoms with Gasteiger partial charge in [-0.15, -0.1) is 0 Å². The number of amides is 1. The lowest BCUT2D eigenvalue weighted by Crippen LogP contribution is -2.25. The summed E-state index contributed by atoms with van der Waals surface area (Å²) in [5.74, 6) is 0.973. The molecule has 6 nitrogen and oxygen atoms in total. The second-order valence-electron chi connectivity index (χ2n) is 6.33. The Morgan fingerprint density at radius 2 is 2.08 bits per heavy atom. The van der Waals surface area contributed by atoms with Crippen LogP contribution in [0.3, 0.4) is 0 Å². The van der Waals surface area contributed by atoms with Crippen molar-refractivity contribution < 1.29 is 14.6 Å². The van der Waals surface area contributed by atoms with Gasteiger partial charge in [0.25, 0.3) is 0 Å². The summed E-state index contributed by atoms with van der Waals surface area (Å²) in [4.78, 5) is 12.3. The Kier molecular flexibility index (Phi) is 4.08. The highest BCUT2D eigenvalue weighted by atomic mass is 16.5. The van der Waals surface area contributed by atoms with Crippen LogP contribution in [0, 0.1) is 0 Å². The third-order valence-electron chi connectivity index (χ3n) is 4.67. The van der Waals surface area contributed by atoms with Crippen molar-refractivity contribution >= 4 is 11.7 Å². The first-order chi connectivity index (χ1) is 12.7. The molecule has 2 aromatic carbocycles. The summed E-state index contributed by atoms with van der Waals surface area (Å²) >= 11 is 0. The fraction of sp³-hybridized carbons (Fsp3) is 0.200. The van der Waals surface area contributed by atoms with Gasteiger partial charge in [-0.25, -0.2) is 4.68 Å². The summed E-state index contributed by atoms with van der Waals surface area (Å²) in [6, 6.07) is 15.2. The number of nitrogens with one attached hydrogen (secondary N) is 1. The van der Waals surface area contributed by atoms with E-state index in [0.29, 0.717) is 24.5 Å². The van der Waals surface area contributed by atoms with Crippen LogP contribution in [0.4, 0.5) is 5.82 Å². The topological polar surface area (TPSA) is 76.4 Å². The summed E-state index contributed by atoms with van der Waals surface area (Å²) in [6.07, 6.45) is 2.11. The number of aromatic hydroxyl groups is 1. The van der Waals surface area contributed by atoms with Crippen LogP contribution in [0.5, 0.6) is 11.5 Å². The molecule has 1 unspecified atom stereocenters. The molecule has 3 aromatic rings. The number of carbonyl (C=O) groups excluding carboxylic acids is 1. The van der Waals surface area contributed by atoms with Gasteiger partial charge >= 0.3 is 0 Å². The minimum Gasteiger partial charge on any atom is -0.504 e. The number of nitrogens with zero attached hydrogens (tertiary/aromatic N) is 2. The zero-order valence-electron chi connectivity index (χ0n) is 14.3. The molecule has 0 radical (unpaired) electrons. The summed E-state index contributed by atoms with van der Waals surface area (Å²) < 4.78 is 6.91. The molecule has 6 heteroatoms. The second-order valence-corrected chi connectivity index (χ2v) is 6.33. The lowest BCUT2D eigenvalue weighted by atomic mass is 9.87. The van der Waals surface area contributed by atoms with Gasteiger partial charge in [-0.05, 0) is 23.3 Å². The molecule has 0 bridgehead atoms. The van der Waals surface area contributed by atoms with Crippen LogP contribution in [-0.2, 0) is 11.3 Å². The molecule has 0 saturated carbocycles. The molecule has 0 fully saturated rings. The first-order valence-electron chi connectivity index (χ1n) is 8.42. The van der Waals surface area contributed by atoms with Crippen molar-refractivity contribution in [2.24, 2.45) is 0 Å². The number of hydrogen-bond donors (Lipinski definition) is 2. The van der Waals surface area contributed by atoms with Crippen LogP contribution in [0.1, 0.15) is 29.0 Å². The number of aromatic nitrogens is 2. The van der Waals surface area contributed by atoms with E-state index in [1.807, 2.05) is 36.4 Å². The maximum absolute atomic E-state index is 12.3. The number of hydrogen-bond acceptors (Lipinski definition) is 4. The molecule has 26 heavy (non-hydrogen) atoms. The van der Waals surface area contributed by atoms with Crippen molar-refractivity contribution in [2.75, 3.05) is 12.4 Å². The van der Waals surface area contributed by atoms with Crippen LogP contribution >= 0.6 is 0 Å². The molecule has 132 valence electrons. The summed E-state index contributed by atoms with van der Waals surface area (Å²) in [5, 5.41) is 17.5. The lowest BCUT2D eigenvalue weighted by molar-refractivity contribution is -0.116. The molecule has 0 saturated heterocycles. The quantitative estimate of drug-likeness (QED) is 0.759. The Labute approximate surface area is 151 Å². The summed E-state index contributed by atoms with van der Waals surface area (Å²) in [5.41, 5.74) is 2.92. The van der Waals surface area contributed by atoms with Gasteiger partial charge in [0.15, 0.2) is 11.5 Å². The van der Waals surface area contributed by atoms with E-state index in [4.69, 9.17) is 4.74 Å². The molecular weight excluding hydrogens is 330 g/mol. The molecular formula is C20H19N3O3. The zero-order chi connectivity index (χ0) is 18.1. The Balaban J connectivity index is 1.70. The van der Waals surface area contributed by atoms with Gasteiger partial charge in [-0.1, -0.05) is 36.4 Å². The highest BCUT2D eigenvalue weighted by Crippen LogP contribution is 2.39. The number of carbonyl (C=O) groups is 1. The molecule has 4 rings (SSSR count). The van der Waals surface area contributed by atoms with Gasteiger partial charge in [-0.2, -0.15) is 5.10 Å². The normalized spacial score (nSPS) is 16.0. The van der Waals surface area contributed by atoms with Crippen molar-refractivity contribution in [2.45, 2.75) is 18.9 Å². The number of anilines is 1. The third-order valence-corrected chi connectivity index (χ3v) is 4.67. The minimum absolute atomic E-state index is 0.0624. The highest BCUT2D eigenvalue weighted by Gasteiger charge is 2.30. The molecule has 0 aliphatic carbocycles. The predicted molar refractivity (Wildman–Crippen MR) is 97.5 cm³/mol. The predicted octanol–water partition coefficient (Wildman–Crippen LogP) is 3.12. The number of phenolic OH excluding ortho intramolecular Hbond substituents is 1. The van der Waals surface area contributed by atoms with Gasteiger partial charge in [0.2, 0.25) is 5.91 Å². The van der Waals surface area contributed by atoms with Crippen LogP contribution in [0.25, 0.3) is 0 Å². The van der Waals surface area contributed by atoms with Crippen LogP contribution in [0.15, 0.2) is 54.7 Å². The van der Waals surface area contributed by atoms with E-state index in [9.17, 15) is 9.90 Å². The van der Waals surface area contributed by atoms with E-state index in [0.717, 1.165) is 16.7 Å². The van der Waals surface area contributed by atoms with Crippen molar-refractivity contribution in [1.29, 1.82) is 0 Å². The Hall–Kier alpha value is -3.28. The van der Waals surface area contributed by atoms with Crippen LogP contribution in [-0.4, -0.2) is 27.9 Å². The average Bonchev–Trinajstić information content (AvgIpc) is 3.04. The number of phenols is 1. The molecule has 2 heterocycles. The summed E-state index contributed by atoms with van der Waals surface area (Å²) in [6.45, 7) is 0.580. The highest BCUT2D eigenvalue weighted by molar-refractivity contribution is 5.94. The van der Waals surface area contributed by atoms with Crippen LogP contribution < -0.4 is 10.1 Å². The number of ether oxygens (including phenoxy) is 1. The van der Waals surface area contributed by atoms with Gasteiger partial charge < -0.3 is 15.2 Å². The molecule has 1 aromatic heterocycles. The van der Waals surface area contributed by atoms with E-state index in [1.54, 1.807) is 23.0 Å². The van der Waals surface area contributed by atoms with Crippen LogP contribution in [0.2, 0.25) is 0 Å². The van der Waals surface area contributed by atoms with Crippen molar-refractivity contribution in [3.63, 3.8) is 0 Å². The summed E-state index contributed by atoms with van der Waals surface area (Å²) in [7, 11) is 1.51. The Morgan fingerprint density at radius 1 is 1.27 bits per heavy atom. The first-order valence-corrected chi connectivity index (χ1v) is 8.42. The standard InChI is InChI=1S/C20H19N3O3/c1-26-18-8-7-14(9-17(18)24)15-10-19(25)22-20-16(15)11-21-23(20)12-13-5-3-2-4-6-13/h2-9,11,15,24H,10,12H2,1H3,(H,22,25).